The van der Waals surface area contributed by atoms with E-state index in [1.54, 1.807) is 11.3 Å². The van der Waals surface area contributed by atoms with Gasteiger partial charge in [0.1, 0.15) is 0 Å². The fourth-order valence-corrected chi connectivity index (χ4v) is 3.39. The number of thiophene rings is 1. The number of likely N-dealkylation sites (N-methyl/N-ethyl adjacent to an activating group) is 1. The van der Waals surface area contributed by atoms with E-state index in [0.717, 1.165) is 27.2 Å². The van der Waals surface area contributed by atoms with E-state index in [1.807, 2.05) is 37.4 Å². The van der Waals surface area contributed by atoms with Crippen molar-refractivity contribution in [2.45, 2.75) is 6.42 Å². The van der Waals surface area contributed by atoms with Crippen LogP contribution in [0.2, 0.25) is 0 Å². The van der Waals surface area contributed by atoms with Gasteiger partial charge in [-0.25, -0.2) is 0 Å². The summed E-state index contributed by atoms with van der Waals surface area (Å²) in [6.45, 7) is 0.913. The summed E-state index contributed by atoms with van der Waals surface area (Å²) in [7, 11) is 1.95. The molecule has 0 fully saturated rings. The molecule has 2 aromatic heterocycles. The molecule has 3 rings (SSSR count). The fourth-order valence-electron chi connectivity index (χ4n) is 2.07. The number of benzene rings is 1. The zero-order chi connectivity index (χ0) is 14.7. The third-order valence-corrected chi connectivity index (χ3v) is 4.73. The maximum Gasteiger partial charge on any atom is 0.258 e. The van der Waals surface area contributed by atoms with Gasteiger partial charge >= 0.3 is 0 Å². The lowest BCUT2D eigenvalue weighted by atomic mass is 10.0. The highest BCUT2D eigenvalue weighted by molar-refractivity contribution is 9.11. The van der Waals surface area contributed by atoms with Gasteiger partial charge in [0.2, 0.25) is 5.82 Å². The third-order valence-electron chi connectivity index (χ3n) is 3.11. The van der Waals surface area contributed by atoms with Crippen LogP contribution >= 0.6 is 27.3 Å². The summed E-state index contributed by atoms with van der Waals surface area (Å²) >= 11 is 5.04. The minimum atomic E-state index is 0.571. The number of halogens is 1. The normalized spacial score (nSPS) is 11.0. The maximum absolute atomic E-state index is 5.44. The summed E-state index contributed by atoms with van der Waals surface area (Å²) in [4.78, 5) is 5.51. The number of hydrogen-bond acceptors (Lipinski definition) is 5. The van der Waals surface area contributed by atoms with Gasteiger partial charge in [-0.1, -0.05) is 23.4 Å². The molecule has 108 valence electrons. The van der Waals surface area contributed by atoms with Crippen molar-refractivity contribution < 1.29 is 4.52 Å². The van der Waals surface area contributed by atoms with Gasteiger partial charge in [0.05, 0.1) is 8.66 Å². The maximum atomic E-state index is 5.44. The van der Waals surface area contributed by atoms with E-state index < -0.39 is 0 Å². The molecule has 1 aromatic carbocycles. The van der Waals surface area contributed by atoms with Crippen LogP contribution in [-0.4, -0.2) is 23.7 Å². The zero-order valence-electron chi connectivity index (χ0n) is 11.5. The molecule has 2 heterocycles. The molecule has 0 saturated carbocycles. The number of hydrogen-bond donors (Lipinski definition) is 1. The molecule has 0 aliphatic rings. The predicted molar refractivity (Wildman–Crippen MR) is 88.4 cm³/mol. The second kappa shape index (κ2) is 6.51. The fraction of sp³-hybridized carbons (Fsp3) is 0.200. The quantitative estimate of drug-likeness (QED) is 0.744. The first-order chi connectivity index (χ1) is 10.3. The Bertz CT molecular complexity index is 738. The van der Waals surface area contributed by atoms with E-state index in [-0.39, 0.29) is 0 Å². The summed E-state index contributed by atoms with van der Waals surface area (Å²) < 4.78 is 6.50. The van der Waals surface area contributed by atoms with Crippen molar-refractivity contribution in [2.75, 3.05) is 13.6 Å². The number of aromatic nitrogens is 2. The van der Waals surface area contributed by atoms with Gasteiger partial charge < -0.3 is 9.84 Å². The van der Waals surface area contributed by atoms with Crippen molar-refractivity contribution in [1.29, 1.82) is 0 Å². The first-order valence-electron chi connectivity index (χ1n) is 6.60. The van der Waals surface area contributed by atoms with Crippen molar-refractivity contribution in [1.82, 2.24) is 15.5 Å². The van der Waals surface area contributed by atoms with Gasteiger partial charge in [-0.05, 0) is 59.7 Å². The van der Waals surface area contributed by atoms with E-state index in [9.17, 15) is 0 Å². The molecule has 0 saturated heterocycles. The smallest absolute Gasteiger partial charge is 0.258 e. The molecule has 0 amide bonds. The lowest BCUT2D eigenvalue weighted by Gasteiger charge is -2.04. The summed E-state index contributed by atoms with van der Waals surface area (Å²) in [6, 6.07) is 12.1. The molecule has 6 heteroatoms. The van der Waals surface area contributed by atoms with Gasteiger partial charge in [-0.2, -0.15) is 4.98 Å². The molecule has 0 unspecified atom stereocenters. The van der Waals surface area contributed by atoms with Crippen molar-refractivity contribution in [3.63, 3.8) is 0 Å². The highest BCUT2D eigenvalue weighted by atomic mass is 79.9. The van der Waals surface area contributed by atoms with Gasteiger partial charge in [0.15, 0.2) is 0 Å². The Balaban J connectivity index is 1.93. The zero-order valence-corrected chi connectivity index (χ0v) is 13.9. The van der Waals surface area contributed by atoms with Crippen LogP contribution in [0.25, 0.3) is 22.2 Å². The SMILES string of the molecule is CNCCc1ccccc1-c1nc(-c2ccc(Br)s2)no1. The molecule has 0 bridgehead atoms. The van der Waals surface area contributed by atoms with Crippen LogP contribution in [0, 0.1) is 0 Å². The predicted octanol–water partition coefficient (Wildman–Crippen LogP) is 3.99. The van der Waals surface area contributed by atoms with Crippen LogP contribution in [0.5, 0.6) is 0 Å². The molecule has 0 spiro atoms. The number of nitrogens with one attached hydrogen (secondary N) is 1. The molecule has 3 aromatic rings. The summed E-state index contributed by atoms with van der Waals surface area (Å²) in [6.07, 6.45) is 0.926. The highest BCUT2D eigenvalue weighted by Crippen LogP contribution is 2.31. The minimum Gasteiger partial charge on any atom is -0.334 e. The van der Waals surface area contributed by atoms with Gasteiger partial charge in [0, 0.05) is 5.56 Å². The van der Waals surface area contributed by atoms with Crippen molar-refractivity contribution >= 4 is 27.3 Å². The monoisotopic (exact) mass is 363 g/mol. The Morgan fingerprint density at radius 2 is 2.10 bits per heavy atom. The Morgan fingerprint density at radius 3 is 2.86 bits per heavy atom. The van der Waals surface area contributed by atoms with Gasteiger partial charge in [-0.3, -0.25) is 0 Å². The van der Waals surface area contributed by atoms with Crippen molar-refractivity contribution in [2.24, 2.45) is 0 Å². The van der Waals surface area contributed by atoms with Crippen LogP contribution in [-0.2, 0) is 6.42 Å². The number of nitrogens with zero attached hydrogens (tertiary/aromatic N) is 2. The van der Waals surface area contributed by atoms with Crippen LogP contribution < -0.4 is 5.32 Å². The third kappa shape index (κ3) is 3.23. The summed E-state index contributed by atoms with van der Waals surface area (Å²) in [5.41, 5.74) is 2.21. The molecule has 4 nitrogen and oxygen atoms in total. The van der Waals surface area contributed by atoms with E-state index in [1.165, 1.54) is 5.56 Å². The first kappa shape index (κ1) is 14.4. The standard InChI is InChI=1S/C15H14BrN3OS/c1-17-9-8-10-4-2-3-5-11(10)15-18-14(19-20-15)12-6-7-13(16)21-12/h2-7,17H,8-9H2,1H3. The van der Waals surface area contributed by atoms with Crippen LogP contribution in [0.1, 0.15) is 5.56 Å². The average molecular weight is 364 g/mol. The molecule has 0 atom stereocenters. The highest BCUT2D eigenvalue weighted by Gasteiger charge is 2.14. The van der Waals surface area contributed by atoms with Crippen LogP contribution in [0.15, 0.2) is 44.7 Å². The Kier molecular flexibility index (Phi) is 4.48. The van der Waals surface area contributed by atoms with Gasteiger partial charge in [-0.15, -0.1) is 11.3 Å². The lowest BCUT2D eigenvalue weighted by molar-refractivity contribution is 0.432. The second-order valence-corrected chi connectivity index (χ2v) is 7.00. The molecular weight excluding hydrogens is 350 g/mol. The van der Waals surface area contributed by atoms with E-state index in [0.29, 0.717) is 11.7 Å². The molecule has 0 aliphatic carbocycles. The van der Waals surface area contributed by atoms with Gasteiger partial charge in [0.25, 0.3) is 5.89 Å². The van der Waals surface area contributed by atoms with Crippen molar-refractivity contribution in [3.8, 4) is 22.2 Å². The lowest BCUT2D eigenvalue weighted by Crippen LogP contribution is -2.10. The Labute approximate surface area is 135 Å². The van der Waals surface area contributed by atoms with Crippen LogP contribution in [0.3, 0.4) is 0 Å². The molecule has 0 aliphatic heterocycles. The minimum absolute atomic E-state index is 0.571. The van der Waals surface area contributed by atoms with E-state index in [2.05, 4.69) is 37.5 Å². The molecule has 21 heavy (non-hydrogen) atoms. The second-order valence-electron chi connectivity index (χ2n) is 4.54. The van der Waals surface area contributed by atoms with Crippen LogP contribution in [0.4, 0.5) is 0 Å². The van der Waals surface area contributed by atoms with E-state index >= 15 is 0 Å². The molecule has 1 N–H and O–H groups in total. The topological polar surface area (TPSA) is 51.0 Å². The van der Waals surface area contributed by atoms with E-state index in [4.69, 9.17) is 4.52 Å². The first-order valence-corrected chi connectivity index (χ1v) is 8.21. The van der Waals surface area contributed by atoms with Crippen molar-refractivity contribution in [3.05, 3.63) is 45.7 Å². The Hall–Kier alpha value is -1.50. The molecular formula is C15H14BrN3OS. The number of rotatable bonds is 5. The average Bonchev–Trinajstić information content (AvgIpc) is 3.14. The summed E-state index contributed by atoms with van der Waals surface area (Å²) in [5.74, 6) is 1.20. The largest absolute Gasteiger partial charge is 0.334 e. The Morgan fingerprint density at radius 1 is 1.24 bits per heavy atom. The summed E-state index contributed by atoms with van der Waals surface area (Å²) in [5, 5.41) is 7.24. The molecule has 0 radical (unpaired) electrons.